The summed E-state index contributed by atoms with van der Waals surface area (Å²) in [7, 11) is 0. The van der Waals surface area contributed by atoms with Gasteiger partial charge in [0.05, 0.1) is 25.7 Å². The molecule has 21 nitrogen and oxygen atoms in total. The summed E-state index contributed by atoms with van der Waals surface area (Å²) >= 11 is 0. The molecule has 0 amide bonds. The number of ether oxygens (including phenoxy) is 4. The number of ketones is 12. The second-order valence-corrected chi connectivity index (χ2v) is 43.3. The van der Waals surface area contributed by atoms with E-state index >= 15 is 0 Å². The predicted octanol–water partition coefficient (Wildman–Crippen LogP) is 17.5. The van der Waals surface area contributed by atoms with E-state index in [-0.39, 0.29) is 220 Å². The standard InChI is InChI=1S/2C27H36O5.C27H34O5.C26H32O6/c3*1-16-13-22-20-7-6-18-14-19(29)9-11-26(18,3)21(20)10-12-27(22,4)25(16)23(30)15-32-24(31)8-5-17(2)28;1-16(27)4-7-23(30)32-15-22(29)26(31)13-10-21-19-6-5-17-14-18(28)8-11-24(17,2)20(19)9-12-25(21,26)3/h2*10,14,16,20,22,25H,5-9,11-13,15H2,1-4H3;9-11,14,16,20,22,25H,5-8,12-13,15H2,1-4H3;8-9,11,14,19,21,31H,4-7,10,12-13,15H2,1-3H3/t16-,20?,22?,25+,26-,27-;16-,20?,22?,25-,26+,27+;16-,20?,22?,25+,26-,27-;19?,21?,24-,25-,26-/m0100/s1. The van der Waals surface area contributed by atoms with Crippen LogP contribution in [0.1, 0.15) is 290 Å². The predicted molar refractivity (Wildman–Crippen MR) is 479 cm³/mol. The number of fused-ring (bicyclic) bond motifs is 20. The Morgan fingerprint density at radius 3 is 1.01 bits per heavy atom. The molecule has 8 fully saturated rings. The smallest absolute Gasteiger partial charge is 0.306 e. The molecule has 21 heteroatoms. The second-order valence-electron chi connectivity index (χ2n) is 43.3. The molecule has 0 bridgehead atoms. The number of carbonyl (C=O) groups excluding carboxylic acids is 16. The Bertz CT molecular complexity index is 4790. The summed E-state index contributed by atoms with van der Waals surface area (Å²) in [6, 6.07) is 0. The van der Waals surface area contributed by atoms with Gasteiger partial charge in [0.15, 0.2) is 47.1 Å². The van der Waals surface area contributed by atoms with Crippen LogP contribution >= 0.6 is 0 Å². The lowest BCUT2D eigenvalue weighted by atomic mass is 9.51. The minimum atomic E-state index is -1.55. The SMILES string of the molecule is CC(=O)CCC(=O)OCC(=O)[C@@]1(O)CCC2C3CCC4=CC(=O)C=C[C@]4(C)C3=CC[C@@]21C.CC(=O)CCC(=O)OCC(=O)[C@H]1[C@@H](C)CC2C3CCC4=CC(=O)C=C[C@]4(C)C3=CC[C@@]21C.CC(=O)CCC(=O)OCC(=O)[C@H]1[C@@H](C)CC2C3CCC4=CC(=O)CC[C@]4(C)C3=CC[C@@]21C.CC(=O)CCC(=O)OCC(=O)[C@H]1[C@H](C)CC2C3CCC4=CC(=O)CC[C@]4(C)C3=CC[C@@]21C. The Labute approximate surface area is 755 Å². The Hall–Kier alpha value is -8.72. The van der Waals surface area contributed by atoms with Gasteiger partial charge in [-0.2, -0.15) is 0 Å². The van der Waals surface area contributed by atoms with Crippen molar-refractivity contribution in [2.24, 2.45) is 126 Å². The van der Waals surface area contributed by atoms with Crippen molar-refractivity contribution in [1.82, 2.24) is 0 Å². The monoisotopic (exact) mass is 1760 g/mol. The van der Waals surface area contributed by atoms with Crippen molar-refractivity contribution in [3.05, 3.63) is 117 Å². The normalized spacial score (nSPS) is 37.8. The fraction of sp³-hybridized carbons (Fsp3) is 0.664. The zero-order chi connectivity index (χ0) is 93.1. The highest BCUT2D eigenvalue weighted by Gasteiger charge is 2.67. The van der Waals surface area contributed by atoms with Gasteiger partial charge in [-0.25, -0.2) is 0 Å². The minimum Gasteiger partial charge on any atom is -0.458 e. The largest absolute Gasteiger partial charge is 0.458 e. The summed E-state index contributed by atoms with van der Waals surface area (Å²) in [6.07, 6.45) is 42.7. The van der Waals surface area contributed by atoms with Crippen LogP contribution in [0, 0.1) is 126 Å². The molecular weight excluding hydrogens is 1620 g/mol. The summed E-state index contributed by atoms with van der Waals surface area (Å²) in [5.74, 6) is 1.25. The van der Waals surface area contributed by atoms with E-state index in [4.69, 9.17) is 18.9 Å². The summed E-state index contributed by atoms with van der Waals surface area (Å²) in [4.78, 5) is 193. The molecule has 16 aliphatic rings. The van der Waals surface area contributed by atoms with Crippen LogP contribution in [0.4, 0.5) is 0 Å². The van der Waals surface area contributed by atoms with E-state index in [9.17, 15) is 81.8 Å². The fourth-order valence-corrected chi connectivity index (χ4v) is 28.8. The number of esters is 4. The van der Waals surface area contributed by atoms with Crippen LogP contribution < -0.4 is 0 Å². The van der Waals surface area contributed by atoms with Gasteiger partial charge in [0, 0.05) is 83.4 Å². The van der Waals surface area contributed by atoms with E-state index in [2.05, 4.69) is 99.6 Å². The van der Waals surface area contributed by atoms with Gasteiger partial charge in [-0.3, -0.25) is 57.5 Å². The minimum absolute atomic E-state index is 0.00119. The maximum Gasteiger partial charge on any atom is 0.306 e. The van der Waals surface area contributed by atoms with Crippen molar-refractivity contribution in [3.8, 4) is 0 Å². The Morgan fingerprint density at radius 1 is 0.359 bits per heavy atom. The first-order chi connectivity index (χ1) is 60.2. The number of carbonyl (C=O) groups is 16. The molecule has 0 aromatic carbocycles. The highest BCUT2D eigenvalue weighted by molar-refractivity contribution is 6.02. The van der Waals surface area contributed by atoms with Gasteiger partial charge in [-0.05, 0) is 281 Å². The molecule has 23 atom stereocenters. The molecule has 0 spiro atoms. The van der Waals surface area contributed by atoms with Crippen LogP contribution in [0.3, 0.4) is 0 Å². The molecule has 0 radical (unpaired) electrons. The van der Waals surface area contributed by atoms with E-state index in [1.807, 2.05) is 31.2 Å². The number of aliphatic hydroxyl groups is 1. The van der Waals surface area contributed by atoms with Crippen molar-refractivity contribution in [2.75, 3.05) is 26.4 Å². The van der Waals surface area contributed by atoms with Crippen molar-refractivity contribution in [2.45, 2.75) is 296 Å². The van der Waals surface area contributed by atoms with Crippen LogP contribution in [0.2, 0.25) is 0 Å². The summed E-state index contributed by atoms with van der Waals surface area (Å²) in [5.41, 5.74) is 7.64. The van der Waals surface area contributed by atoms with Crippen molar-refractivity contribution in [1.29, 1.82) is 0 Å². The highest BCUT2D eigenvalue weighted by Crippen LogP contribution is 2.71. The molecule has 692 valence electrons. The molecule has 16 aliphatic carbocycles. The van der Waals surface area contributed by atoms with E-state index in [1.165, 1.54) is 66.7 Å². The first-order valence-corrected chi connectivity index (χ1v) is 47.8. The van der Waals surface area contributed by atoms with Crippen LogP contribution in [0.15, 0.2) is 117 Å². The molecule has 1 N–H and O–H groups in total. The molecule has 0 aromatic rings. The highest BCUT2D eigenvalue weighted by atomic mass is 16.5. The summed E-state index contributed by atoms with van der Waals surface area (Å²) < 4.78 is 20.8. The van der Waals surface area contributed by atoms with Crippen LogP contribution in [-0.2, 0) is 95.7 Å². The van der Waals surface area contributed by atoms with Crippen LogP contribution in [-0.4, -0.2) is 130 Å². The van der Waals surface area contributed by atoms with E-state index in [0.717, 1.165) is 115 Å². The fourth-order valence-electron chi connectivity index (χ4n) is 28.8. The Kier molecular flexibility index (Phi) is 28.4. The van der Waals surface area contributed by atoms with Gasteiger partial charge in [-0.1, -0.05) is 143 Å². The summed E-state index contributed by atoms with van der Waals surface area (Å²) in [6.45, 7) is 28.9. The second kappa shape index (κ2) is 37.5. The Balaban J connectivity index is 0.000000146. The van der Waals surface area contributed by atoms with E-state index in [1.54, 1.807) is 18.2 Å². The van der Waals surface area contributed by atoms with Gasteiger partial charge in [0.25, 0.3) is 0 Å². The lowest BCUT2D eigenvalue weighted by Crippen LogP contribution is -2.55. The summed E-state index contributed by atoms with van der Waals surface area (Å²) in [5, 5.41) is 11.6. The van der Waals surface area contributed by atoms with Gasteiger partial charge in [-0.15, -0.1) is 0 Å². The molecular formula is C107H138O21. The third-order valence-electron chi connectivity index (χ3n) is 35.5. The molecule has 0 heterocycles. The topological polar surface area (TPSA) is 330 Å². The van der Waals surface area contributed by atoms with Crippen molar-refractivity contribution in [3.63, 3.8) is 0 Å². The number of hydrogen-bond donors (Lipinski definition) is 1. The van der Waals surface area contributed by atoms with Crippen LogP contribution in [0.5, 0.6) is 0 Å². The third kappa shape index (κ3) is 18.3. The maximum absolute atomic E-state index is 13.2. The van der Waals surface area contributed by atoms with Crippen molar-refractivity contribution >= 4 is 93.3 Å². The Morgan fingerprint density at radius 2 is 0.664 bits per heavy atom. The number of allylic oxidation sites excluding steroid dienone is 20. The van der Waals surface area contributed by atoms with E-state index in [0.29, 0.717) is 61.2 Å². The molecule has 8 saturated carbocycles. The number of hydrogen-bond acceptors (Lipinski definition) is 21. The average Bonchev–Trinajstić information content (AvgIpc) is 1.53. The quantitative estimate of drug-likeness (QED) is 0.0533. The van der Waals surface area contributed by atoms with Gasteiger partial charge < -0.3 is 43.2 Å². The lowest BCUT2D eigenvalue weighted by molar-refractivity contribution is -0.163. The molecule has 128 heavy (non-hydrogen) atoms. The maximum atomic E-state index is 13.2. The zero-order valence-electron chi connectivity index (χ0n) is 78.5. The molecule has 16 rings (SSSR count). The van der Waals surface area contributed by atoms with Crippen LogP contribution in [0.25, 0.3) is 0 Å². The molecule has 0 aromatic heterocycles. The van der Waals surface area contributed by atoms with Gasteiger partial charge >= 0.3 is 23.9 Å². The first-order valence-electron chi connectivity index (χ1n) is 47.8. The number of rotatable bonds is 24. The molecule has 0 aliphatic heterocycles. The van der Waals surface area contributed by atoms with Gasteiger partial charge in [0.2, 0.25) is 5.78 Å². The van der Waals surface area contributed by atoms with E-state index < -0.39 is 47.3 Å². The zero-order valence-corrected chi connectivity index (χ0v) is 78.5. The molecule has 8 unspecified atom stereocenters. The van der Waals surface area contributed by atoms with Crippen molar-refractivity contribution < 1.29 is 101 Å². The lowest BCUT2D eigenvalue weighted by Gasteiger charge is -2.53. The van der Waals surface area contributed by atoms with Gasteiger partial charge in [0.1, 0.15) is 48.6 Å². The third-order valence-corrected chi connectivity index (χ3v) is 35.5. The number of Topliss-reactive ketones (excluding diaryl/α,β-unsaturated/α-hetero) is 8. The average molecular weight is 1760 g/mol. The first kappa shape index (κ1) is 96.8. The molecule has 0 saturated heterocycles.